The minimum Gasteiger partial charge on any atom is -0.469 e. The third-order valence-corrected chi connectivity index (χ3v) is 5.46. The number of nitrogens with zero attached hydrogens (tertiary/aromatic N) is 2. The second-order valence-electron chi connectivity index (χ2n) is 8.56. The molecule has 1 amide bonds. The van der Waals surface area contributed by atoms with Gasteiger partial charge in [-0.15, -0.1) is 0 Å². The van der Waals surface area contributed by atoms with Crippen molar-refractivity contribution in [3.05, 3.63) is 35.9 Å². The summed E-state index contributed by atoms with van der Waals surface area (Å²) in [6.07, 6.45) is 0.191. The van der Waals surface area contributed by atoms with Crippen molar-refractivity contribution in [1.29, 1.82) is 0 Å². The number of amides is 1. The summed E-state index contributed by atoms with van der Waals surface area (Å²) < 4.78 is 39.7. The Morgan fingerprint density at radius 3 is 2.24 bits per heavy atom. The molecule has 2 rings (SSSR count). The summed E-state index contributed by atoms with van der Waals surface area (Å²) in [5.41, 5.74) is 1.01. The fourth-order valence-electron chi connectivity index (χ4n) is 3.74. The Balaban J connectivity index is 0.000000417. The number of rotatable bonds is 14. The van der Waals surface area contributed by atoms with Gasteiger partial charge in [-0.2, -0.15) is 0 Å². The van der Waals surface area contributed by atoms with Gasteiger partial charge >= 0.3 is 17.9 Å². The molecule has 208 valence electrons. The highest BCUT2D eigenvalue weighted by molar-refractivity contribution is 5.83. The number of likely N-dealkylation sites (tertiary alicyclic amines) is 1. The SMILES string of the molecule is CCOC(=O)CN(Cc1ccccc1)C[C@@H](CF)CC(=O)OC.CCOC(=O)CN1C[C@@H](CF)CC1=O. The molecule has 1 saturated heterocycles. The van der Waals surface area contributed by atoms with Crippen LogP contribution in [0.1, 0.15) is 32.3 Å². The lowest BCUT2D eigenvalue weighted by Gasteiger charge is -2.25. The third kappa shape index (κ3) is 13.2. The maximum atomic E-state index is 13.2. The number of benzene rings is 1. The minimum atomic E-state index is -0.650. The first-order chi connectivity index (χ1) is 17.8. The van der Waals surface area contributed by atoms with Crippen LogP contribution in [-0.4, -0.2) is 93.5 Å². The van der Waals surface area contributed by atoms with Gasteiger partial charge in [0.1, 0.15) is 6.54 Å². The van der Waals surface area contributed by atoms with Crippen molar-refractivity contribution in [1.82, 2.24) is 9.80 Å². The molecular formula is C26H38F2N2O7. The first kappa shape index (κ1) is 31.9. The van der Waals surface area contributed by atoms with Crippen LogP contribution in [0, 0.1) is 11.8 Å². The van der Waals surface area contributed by atoms with Gasteiger partial charge in [-0.3, -0.25) is 32.9 Å². The second kappa shape index (κ2) is 18.2. The second-order valence-corrected chi connectivity index (χ2v) is 8.56. The van der Waals surface area contributed by atoms with Gasteiger partial charge in [-0.25, -0.2) is 0 Å². The van der Waals surface area contributed by atoms with Crippen molar-refractivity contribution < 1.29 is 42.2 Å². The zero-order valence-electron chi connectivity index (χ0n) is 21.8. The zero-order valence-corrected chi connectivity index (χ0v) is 21.8. The molecule has 1 aliphatic heterocycles. The van der Waals surface area contributed by atoms with E-state index in [4.69, 9.17) is 9.47 Å². The van der Waals surface area contributed by atoms with E-state index in [1.165, 1.54) is 12.0 Å². The molecule has 0 unspecified atom stereocenters. The number of hydrogen-bond donors (Lipinski definition) is 0. The average Bonchev–Trinajstić information content (AvgIpc) is 3.23. The predicted octanol–water partition coefficient (Wildman–Crippen LogP) is 2.57. The molecular weight excluding hydrogens is 490 g/mol. The highest BCUT2D eigenvalue weighted by Gasteiger charge is 2.30. The third-order valence-electron chi connectivity index (χ3n) is 5.46. The number of carbonyl (C=O) groups is 4. The van der Waals surface area contributed by atoms with Crippen molar-refractivity contribution in [2.75, 3.05) is 59.9 Å². The maximum Gasteiger partial charge on any atom is 0.325 e. The average molecular weight is 529 g/mol. The van der Waals surface area contributed by atoms with E-state index in [9.17, 15) is 28.0 Å². The molecule has 0 bridgehead atoms. The molecule has 1 heterocycles. The van der Waals surface area contributed by atoms with Gasteiger partial charge in [-0.05, 0) is 19.4 Å². The molecule has 1 fully saturated rings. The van der Waals surface area contributed by atoms with Crippen molar-refractivity contribution in [2.24, 2.45) is 11.8 Å². The Bertz CT molecular complexity index is 841. The number of carbonyl (C=O) groups excluding carboxylic acids is 4. The maximum absolute atomic E-state index is 13.2. The van der Waals surface area contributed by atoms with Crippen LogP contribution in [-0.2, 0) is 39.9 Å². The summed E-state index contributed by atoms with van der Waals surface area (Å²) in [6, 6.07) is 9.57. The monoisotopic (exact) mass is 528 g/mol. The van der Waals surface area contributed by atoms with E-state index in [1.54, 1.807) is 18.7 Å². The van der Waals surface area contributed by atoms with Crippen LogP contribution in [0.3, 0.4) is 0 Å². The number of alkyl halides is 2. The lowest BCUT2D eigenvalue weighted by atomic mass is 10.1. The Kier molecular flexibility index (Phi) is 15.7. The molecule has 0 aromatic heterocycles. The van der Waals surface area contributed by atoms with Gasteiger partial charge in [0.15, 0.2) is 0 Å². The Labute approximate surface area is 217 Å². The summed E-state index contributed by atoms with van der Waals surface area (Å²) in [4.78, 5) is 48.5. The Morgan fingerprint density at radius 2 is 1.70 bits per heavy atom. The molecule has 2 atom stereocenters. The molecule has 11 heteroatoms. The summed E-state index contributed by atoms with van der Waals surface area (Å²) in [6.45, 7) is 3.97. The largest absolute Gasteiger partial charge is 0.469 e. The van der Waals surface area contributed by atoms with Gasteiger partial charge in [0.25, 0.3) is 0 Å². The van der Waals surface area contributed by atoms with Crippen LogP contribution in [0.5, 0.6) is 0 Å². The highest BCUT2D eigenvalue weighted by atomic mass is 19.1. The predicted molar refractivity (Wildman–Crippen MR) is 132 cm³/mol. The lowest BCUT2D eigenvalue weighted by molar-refractivity contribution is -0.147. The van der Waals surface area contributed by atoms with Crippen LogP contribution in [0.25, 0.3) is 0 Å². The van der Waals surface area contributed by atoms with Crippen LogP contribution >= 0.6 is 0 Å². The topological polar surface area (TPSA) is 102 Å². The molecule has 1 aliphatic rings. The molecule has 37 heavy (non-hydrogen) atoms. The number of ether oxygens (including phenoxy) is 3. The van der Waals surface area contributed by atoms with Gasteiger partial charge in [-0.1, -0.05) is 30.3 Å². The smallest absolute Gasteiger partial charge is 0.325 e. The summed E-state index contributed by atoms with van der Waals surface area (Å²) in [7, 11) is 1.28. The van der Waals surface area contributed by atoms with Gasteiger partial charge < -0.3 is 19.1 Å². The quantitative estimate of drug-likeness (QED) is 0.268. The molecule has 0 radical (unpaired) electrons. The minimum absolute atomic E-state index is 0.0128. The van der Waals surface area contributed by atoms with E-state index in [1.807, 2.05) is 30.3 Å². The van der Waals surface area contributed by atoms with E-state index < -0.39 is 31.2 Å². The van der Waals surface area contributed by atoms with E-state index in [0.29, 0.717) is 26.3 Å². The van der Waals surface area contributed by atoms with E-state index in [2.05, 4.69) is 4.74 Å². The Hall–Kier alpha value is -3.08. The Morgan fingerprint density at radius 1 is 1.05 bits per heavy atom. The standard InChI is InChI=1S/C17H24FNO4.C9H14FNO3/c1-3-23-17(21)13-19(11-14-7-5-4-6-8-14)12-15(10-18)9-16(20)22-2;1-2-14-9(13)6-11-5-7(4-10)3-8(11)12/h4-8,15H,3,9-13H2,1-2H3;7H,2-6H2,1H3/t15-;7-/m11/s1. The molecule has 9 nitrogen and oxygen atoms in total. The van der Waals surface area contributed by atoms with Crippen molar-refractivity contribution in [3.63, 3.8) is 0 Å². The van der Waals surface area contributed by atoms with Crippen molar-refractivity contribution in [3.8, 4) is 0 Å². The van der Waals surface area contributed by atoms with Gasteiger partial charge in [0.05, 0.1) is 46.6 Å². The number of hydrogen-bond acceptors (Lipinski definition) is 8. The lowest BCUT2D eigenvalue weighted by Crippen LogP contribution is -2.36. The summed E-state index contributed by atoms with van der Waals surface area (Å²) in [5.74, 6) is -2.18. The molecule has 1 aromatic rings. The number of methoxy groups -OCH3 is 1. The fraction of sp³-hybridized carbons (Fsp3) is 0.615. The molecule has 1 aromatic carbocycles. The first-order valence-corrected chi connectivity index (χ1v) is 12.3. The van der Waals surface area contributed by atoms with Gasteiger partial charge in [0, 0.05) is 37.9 Å². The van der Waals surface area contributed by atoms with Crippen LogP contribution in [0.15, 0.2) is 30.3 Å². The van der Waals surface area contributed by atoms with Crippen LogP contribution in [0.4, 0.5) is 8.78 Å². The summed E-state index contributed by atoms with van der Waals surface area (Å²) in [5, 5.41) is 0. The fourth-order valence-corrected chi connectivity index (χ4v) is 3.74. The van der Waals surface area contributed by atoms with E-state index in [-0.39, 0.29) is 50.3 Å². The molecule has 0 spiro atoms. The van der Waals surface area contributed by atoms with Crippen LogP contribution < -0.4 is 0 Å². The summed E-state index contributed by atoms with van der Waals surface area (Å²) >= 11 is 0. The molecule has 0 N–H and O–H groups in total. The molecule has 0 saturated carbocycles. The van der Waals surface area contributed by atoms with Gasteiger partial charge in [0.2, 0.25) is 5.91 Å². The van der Waals surface area contributed by atoms with E-state index in [0.717, 1.165) is 5.56 Å². The van der Waals surface area contributed by atoms with Crippen molar-refractivity contribution in [2.45, 2.75) is 33.2 Å². The normalized spacial score (nSPS) is 15.6. The van der Waals surface area contributed by atoms with Crippen molar-refractivity contribution >= 4 is 23.8 Å². The van der Waals surface area contributed by atoms with E-state index >= 15 is 0 Å². The van der Waals surface area contributed by atoms with Crippen LogP contribution in [0.2, 0.25) is 0 Å². The highest BCUT2D eigenvalue weighted by Crippen LogP contribution is 2.17. The number of halogens is 2. The zero-order chi connectivity index (χ0) is 27.6. The number of esters is 3. The first-order valence-electron chi connectivity index (χ1n) is 12.3. The molecule has 0 aliphatic carbocycles.